The number of nitrogens with one attached hydrogen (secondary N) is 1. The molecule has 170 valence electrons. The summed E-state index contributed by atoms with van der Waals surface area (Å²) in [6, 6.07) is 8.21. The number of hydrogen-bond acceptors (Lipinski definition) is 7. The molecule has 2 aromatic carbocycles. The quantitative estimate of drug-likeness (QED) is 0.521. The Morgan fingerprint density at radius 3 is 2.38 bits per heavy atom. The molecule has 0 fully saturated rings. The van der Waals surface area contributed by atoms with Gasteiger partial charge in [0.2, 0.25) is 15.9 Å². The molecule has 1 heterocycles. The zero-order valence-electron chi connectivity index (χ0n) is 16.6. The molecule has 12 heteroatoms. The number of ether oxygens (including phenoxy) is 2. The van der Waals surface area contributed by atoms with Crippen molar-refractivity contribution in [1.29, 1.82) is 0 Å². The molecular formula is C20H18F3N3O5S. The maximum absolute atomic E-state index is 12.8. The molecule has 0 aliphatic heterocycles. The van der Waals surface area contributed by atoms with Gasteiger partial charge in [0.15, 0.2) is 0 Å². The topological polar surface area (TPSA) is 111 Å². The van der Waals surface area contributed by atoms with Crippen LogP contribution in [-0.2, 0) is 16.2 Å². The van der Waals surface area contributed by atoms with Crippen LogP contribution in [0.1, 0.15) is 5.56 Å². The van der Waals surface area contributed by atoms with E-state index in [0.29, 0.717) is 5.56 Å². The second-order valence-electron chi connectivity index (χ2n) is 6.28. The summed E-state index contributed by atoms with van der Waals surface area (Å²) in [6.45, 7) is -0.484. The molecule has 0 aliphatic rings. The minimum absolute atomic E-state index is 0.00964. The first-order valence-electron chi connectivity index (χ1n) is 9.13. The number of hydrogen-bond donors (Lipinski definition) is 2. The van der Waals surface area contributed by atoms with Crippen LogP contribution in [-0.4, -0.2) is 43.8 Å². The van der Waals surface area contributed by atoms with Crippen molar-refractivity contribution in [2.45, 2.75) is 11.1 Å². The van der Waals surface area contributed by atoms with E-state index in [0.717, 1.165) is 24.3 Å². The van der Waals surface area contributed by atoms with E-state index in [1.54, 1.807) is 0 Å². The Labute approximate surface area is 181 Å². The van der Waals surface area contributed by atoms with Crippen molar-refractivity contribution < 1.29 is 36.2 Å². The average Bonchev–Trinajstić information content (AvgIpc) is 2.77. The van der Waals surface area contributed by atoms with Gasteiger partial charge in [-0.15, -0.1) is 0 Å². The first-order valence-corrected chi connectivity index (χ1v) is 10.6. The van der Waals surface area contributed by atoms with Crippen LogP contribution in [0.15, 0.2) is 59.8 Å². The predicted octanol–water partition coefficient (Wildman–Crippen LogP) is 3.23. The lowest BCUT2D eigenvalue weighted by Crippen LogP contribution is -2.20. The molecule has 0 amide bonds. The van der Waals surface area contributed by atoms with Crippen molar-refractivity contribution in [3.8, 4) is 28.6 Å². The molecule has 0 atom stereocenters. The molecule has 0 radical (unpaired) electrons. The monoisotopic (exact) mass is 469 g/mol. The van der Waals surface area contributed by atoms with Crippen LogP contribution < -0.4 is 14.2 Å². The van der Waals surface area contributed by atoms with Crippen LogP contribution in [0.25, 0.3) is 11.3 Å². The standard InChI is InChI=1S/C20H18F3N3O5S/c1-24-32(28,29)17-7-2-13(12-16(17)30-11-10-27)18-19(26-9-8-25-18)31-15-5-3-14(4-6-15)20(21,22)23/h2-9,12,24,27H,10-11H2,1H3. The van der Waals surface area contributed by atoms with Crippen molar-refractivity contribution in [3.63, 3.8) is 0 Å². The molecule has 0 saturated heterocycles. The highest BCUT2D eigenvalue weighted by Crippen LogP contribution is 2.35. The molecule has 0 unspecified atom stereocenters. The minimum Gasteiger partial charge on any atom is -0.490 e. The summed E-state index contributed by atoms with van der Waals surface area (Å²) in [6.07, 6.45) is -1.76. The summed E-state index contributed by atoms with van der Waals surface area (Å²) in [5.41, 5.74) is -0.242. The van der Waals surface area contributed by atoms with Gasteiger partial charge in [-0.2, -0.15) is 13.2 Å². The molecule has 8 nitrogen and oxygen atoms in total. The van der Waals surface area contributed by atoms with Gasteiger partial charge < -0.3 is 14.6 Å². The van der Waals surface area contributed by atoms with Crippen LogP contribution in [0.4, 0.5) is 13.2 Å². The predicted molar refractivity (Wildman–Crippen MR) is 108 cm³/mol. The van der Waals surface area contributed by atoms with Crippen LogP contribution in [0, 0.1) is 0 Å². The molecule has 0 saturated carbocycles. The molecule has 1 aromatic heterocycles. The molecule has 0 aliphatic carbocycles. The van der Waals surface area contributed by atoms with Gasteiger partial charge in [0.25, 0.3) is 0 Å². The van der Waals surface area contributed by atoms with Gasteiger partial charge in [-0.25, -0.2) is 23.1 Å². The van der Waals surface area contributed by atoms with Crippen molar-refractivity contribution >= 4 is 10.0 Å². The second-order valence-corrected chi connectivity index (χ2v) is 8.13. The first kappa shape index (κ1) is 23.4. The molecular weight excluding hydrogens is 451 g/mol. The number of sulfonamides is 1. The number of halogens is 3. The highest BCUT2D eigenvalue weighted by atomic mass is 32.2. The summed E-state index contributed by atoms with van der Waals surface area (Å²) in [5.74, 6) is 0.0625. The Bertz CT molecular complexity index is 1190. The Morgan fingerprint density at radius 2 is 1.75 bits per heavy atom. The zero-order valence-corrected chi connectivity index (χ0v) is 17.4. The van der Waals surface area contributed by atoms with Crippen LogP contribution in [0.3, 0.4) is 0 Å². The smallest absolute Gasteiger partial charge is 0.416 e. The Balaban J connectivity index is 1.99. The maximum Gasteiger partial charge on any atom is 0.416 e. The van der Waals surface area contributed by atoms with Gasteiger partial charge in [-0.3, -0.25) is 0 Å². The lowest BCUT2D eigenvalue weighted by molar-refractivity contribution is -0.137. The van der Waals surface area contributed by atoms with Gasteiger partial charge in [0.05, 0.1) is 12.2 Å². The number of benzene rings is 2. The molecule has 0 spiro atoms. The number of rotatable bonds is 8. The fourth-order valence-electron chi connectivity index (χ4n) is 2.68. The third-order valence-corrected chi connectivity index (χ3v) is 5.64. The van der Waals surface area contributed by atoms with Gasteiger partial charge in [-0.1, -0.05) is 6.07 Å². The summed E-state index contributed by atoms with van der Waals surface area (Å²) in [7, 11) is -2.60. The average molecular weight is 469 g/mol. The number of alkyl halides is 3. The lowest BCUT2D eigenvalue weighted by atomic mass is 10.1. The van der Waals surface area contributed by atoms with E-state index in [1.165, 1.54) is 37.6 Å². The van der Waals surface area contributed by atoms with E-state index in [2.05, 4.69) is 14.7 Å². The molecule has 0 bridgehead atoms. The number of aromatic nitrogens is 2. The van der Waals surface area contributed by atoms with Gasteiger partial charge in [-0.05, 0) is 43.4 Å². The fourth-order valence-corrected chi connectivity index (χ4v) is 3.53. The molecule has 2 N–H and O–H groups in total. The van der Waals surface area contributed by atoms with Gasteiger partial charge in [0, 0.05) is 18.0 Å². The normalized spacial score (nSPS) is 11.9. The summed E-state index contributed by atoms with van der Waals surface area (Å²) in [5, 5.41) is 9.04. The Kier molecular flexibility index (Phi) is 6.96. The first-order chi connectivity index (χ1) is 15.2. The number of aliphatic hydroxyl groups excluding tert-OH is 1. The van der Waals surface area contributed by atoms with E-state index in [9.17, 15) is 21.6 Å². The van der Waals surface area contributed by atoms with E-state index in [4.69, 9.17) is 14.6 Å². The molecule has 3 aromatic rings. The summed E-state index contributed by atoms with van der Waals surface area (Å²) in [4.78, 5) is 8.13. The number of aliphatic hydroxyl groups is 1. The van der Waals surface area contributed by atoms with E-state index < -0.39 is 21.8 Å². The highest BCUT2D eigenvalue weighted by Gasteiger charge is 2.30. The van der Waals surface area contributed by atoms with Crippen molar-refractivity contribution in [2.75, 3.05) is 20.3 Å². The summed E-state index contributed by atoms with van der Waals surface area (Å²) >= 11 is 0. The third kappa shape index (κ3) is 5.33. The lowest BCUT2D eigenvalue weighted by Gasteiger charge is -2.14. The maximum atomic E-state index is 12.8. The largest absolute Gasteiger partial charge is 0.490 e. The van der Waals surface area contributed by atoms with E-state index in [-0.39, 0.29) is 41.2 Å². The van der Waals surface area contributed by atoms with E-state index in [1.807, 2.05) is 0 Å². The SMILES string of the molecule is CNS(=O)(=O)c1ccc(-c2nccnc2Oc2ccc(C(F)(F)F)cc2)cc1OCCO. The Morgan fingerprint density at radius 1 is 1.06 bits per heavy atom. The fraction of sp³-hybridized carbons (Fsp3) is 0.200. The van der Waals surface area contributed by atoms with Gasteiger partial charge >= 0.3 is 6.18 Å². The Hall–Kier alpha value is -3.22. The summed E-state index contributed by atoms with van der Waals surface area (Å²) < 4.78 is 76.0. The third-order valence-electron chi connectivity index (χ3n) is 4.19. The second kappa shape index (κ2) is 9.51. The number of nitrogens with zero attached hydrogens (tertiary/aromatic N) is 2. The van der Waals surface area contributed by atoms with Crippen LogP contribution >= 0.6 is 0 Å². The zero-order chi connectivity index (χ0) is 23.4. The van der Waals surface area contributed by atoms with Crippen molar-refractivity contribution in [3.05, 3.63) is 60.4 Å². The molecule has 3 rings (SSSR count). The highest BCUT2D eigenvalue weighted by molar-refractivity contribution is 7.89. The van der Waals surface area contributed by atoms with Crippen molar-refractivity contribution in [1.82, 2.24) is 14.7 Å². The minimum atomic E-state index is -4.48. The molecule has 32 heavy (non-hydrogen) atoms. The van der Waals surface area contributed by atoms with Crippen LogP contribution in [0.2, 0.25) is 0 Å². The van der Waals surface area contributed by atoms with E-state index >= 15 is 0 Å². The van der Waals surface area contributed by atoms with Crippen LogP contribution in [0.5, 0.6) is 17.4 Å². The van der Waals surface area contributed by atoms with Crippen molar-refractivity contribution in [2.24, 2.45) is 0 Å². The van der Waals surface area contributed by atoms with Gasteiger partial charge in [0.1, 0.15) is 28.7 Å².